The van der Waals surface area contributed by atoms with Gasteiger partial charge in [-0.05, 0) is 31.0 Å². The van der Waals surface area contributed by atoms with Crippen LogP contribution in [0.15, 0.2) is 24.3 Å². The molecule has 16 heavy (non-hydrogen) atoms. The third-order valence-corrected chi connectivity index (χ3v) is 3.03. The Morgan fingerprint density at radius 3 is 2.06 bits per heavy atom. The maximum absolute atomic E-state index is 4.24. The maximum atomic E-state index is 4.24. The average molecular weight is 237 g/mol. The van der Waals surface area contributed by atoms with Crippen LogP contribution in [0.3, 0.4) is 0 Å². The summed E-state index contributed by atoms with van der Waals surface area (Å²) in [5, 5.41) is 0. The fraction of sp³-hybridized carbons (Fsp3) is 0.571. The van der Waals surface area contributed by atoms with Gasteiger partial charge in [-0.15, -0.1) is 0 Å². The molecule has 0 bridgehead atoms. The van der Waals surface area contributed by atoms with Gasteiger partial charge in [0.1, 0.15) is 0 Å². The van der Waals surface area contributed by atoms with Crippen molar-refractivity contribution in [2.24, 2.45) is 0 Å². The first-order valence-electron chi connectivity index (χ1n) is 6.13. The van der Waals surface area contributed by atoms with Crippen molar-refractivity contribution in [2.75, 3.05) is 25.9 Å². The van der Waals surface area contributed by atoms with Gasteiger partial charge in [-0.3, -0.25) is 0 Å². The molecule has 0 heterocycles. The SMILES string of the molecule is CCCc1ccc(CCN(C)CCS)cc1. The molecule has 1 rings (SSSR count). The van der Waals surface area contributed by atoms with E-state index < -0.39 is 0 Å². The van der Waals surface area contributed by atoms with Crippen molar-refractivity contribution in [3.8, 4) is 0 Å². The second-order valence-electron chi connectivity index (χ2n) is 4.34. The number of thiol groups is 1. The summed E-state index contributed by atoms with van der Waals surface area (Å²) in [5.41, 5.74) is 2.89. The van der Waals surface area contributed by atoms with E-state index in [1.807, 2.05) is 0 Å². The molecule has 0 saturated carbocycles. The van der Waals surface area contributed by atoms with Gasteiger partial charge in [-0.25, -0.2) is 0 Å². The molecule has 1 nitrogen and oxygen atoms in total. The van der Waals surface area contributed by atoms with Crippen molar-refractivity contribution in [3.63, 3.8) is 0 Å². The Morgan fingerprint density at radius 2 is 1.56 bits per heavy atom. The molecule has 0 atom stereocenters. The molecule has 2 heteroatoms. The molecule has 90 valence electrons. The maximum Gasteiger partial charge on any atom is 0.00669 e. The van der Waals surface area contributed by atoms with Gasteiger partial charge < -0.3 is 4.90 Å². The van der Waals surface area contributed by atoms with Crippen molar-refractivity contribution in [1.29, 1.82) is 0 Å². The number of aryl methyl sites for hydroxylation is 1. The van der Waals surface area contributed by atoms with Crippen LogP contribution in [0.2, 0.25) is 0 Å². The van der Waals surface area contributed by atoms with E-state index in [1.54, 1.807) is 0 Å². The molecule has 1 aromatic rings. The molecular weight excluding hydrogens is 214 g/mol. The smallest absolute Gasteiger partial charge is 0.00669 e. The molecule has 0 spiro atoms. The van der Waals surface area contributed by atoms with Gasteiger partial charge in [0, 0.05) is 18.8 Å². The van der Waals surface area contributed by atoms with Crippen molar-refractivity contribution >= 4 is 12.6 Å². The second-order valence-corrected chi connectivity index (χ2v) is 4.79. The molecule has 0 amide bonds. The van der Waals surface area contributed by atoms with Crippen LogP contribution in [-0.2, 0) is 12.8 Å². The standard InChI is InChI=1S/C14H23NS/c1-3-4-13-5-7-14(8-6-13)9-10-15(2)11-12-16/h5-8,16H,3-4,9-12H2,1-2H3. The molecule has 0 fully saturated rings. The highest BCUT2D eigenvalue weighted by Crippen LogP contribution is 2.07. The van der Waals surface area contributed by atoms with Crippen molar-refractivity contribution in [2.45, 2.75) is 26.2 Å². The topological polar surface area (TPSA) is 3.24 Å². The Hall–Kier alpha value is -0.470. The fourth-order valence-electron chi connectivity index (χ4n) is 1.76. The van der Waals surface area contributed by atoms with E-state index in [4.69, 9.17) is 0 Å². The van der Waals surface area contributed by atoms with E-state index in [9.17, 15) is 0 Å². The molecule has 0 N–H and O–H groups in total. The van der Waals surface area contributed by atoms with Gasteiger partial charge in [0.25, 0.3) is 0 Å². The highest BCUT2D eigenvalue weighted by molar-refractivity contribution is 7.80. The molecule has 0 aliphatic rings. The molecule has 1 aromatic carbocycles. The minimum Gasteiger partial charge on any atom is -0.305 e. The fourth-order valence-corrected chi connectivity index (χ4v) is 2.11. The summed E-state index contributed by atoms with van der Waals surface area (Å²) in [6.45, 7) is 4.41. The first-order valence-corrected chi connectivity index (χ1v) is 6.76. The largest absolute Gasteiger partial charge is 0.305 e. The van der Waals surface area contributed by atoms with Crippen LogP contribution in [0.5, 0.6) is 0 Å². The monoisotopic (exact) mass is 237 g/mol. The number of likely N-dealkylation sites (N-methyl/N-ethyl adjacent to an activating group) is 1. The average Bonchev–Trinajstić information content (AvgIpc) is 2.29. The zero-order valence-electron chi connectivity index (χ0n) is 10.4. The Bertz CT molecular complexity index is 281. The summed E-state index contributed by atoms with van der Waals surface area (Å²) in [6.07, 6.45) is 3.56. The quantitative estimate of drug-likeness (QED) is 0.713. The summed E-state index contributed by atoms with van der Waals surface area (Å²) in [5.74, 6) is 0.936. The lowest BCUT2D eigenvalue weighted by molar-refractivity contribution is 0.361. The predicted octanol–water partition coefficient (Wildman–Crippen LogP) is 3.04. The highest BCUT2D eigenvalue weighted by Gasteiger charge is 1.98. The Kier molecular flexibility index (Phi) is 6.58. The summed E-state index contributed by atoms with van der Waals surface area (Å²) in [6, 6.07) is 9.05. The summed E-state index contributed by atoms with van der Waals surface area (Å²) >= 11 is 4.24. The van der Waals surface area contributed by atoms with Crippen molar-refractivity contribution in [1.82, 2.24) is 4.90 Å². The van der Waals surface area contributed by atoms with Crippen molar-refractivity contribution in [3.05, 3.63) is 35.4 Å². The minimum absolute atomic E-state index is 0.936. The van der Waals surface area contributed by atoms with E-state index in [0.29, 0.717) is 0 Å². The molecule has 0 aromatic heterocycles. The zero-order valence-corrected chi connectivity index (χ0v) is 11.3. The van der Waals surface area contributed by atoms with E-state index in [2.05, 4.69) is 55.8 Å². The third kappa shape index (κ3) is 5.04. The van der Waals surface area contributed by atoms with Gasteiger partial charge in [0.2, 0.25) is 0 Å². The Labute approximate surface area is 105 Å². The first-order chi connectivity index (χ1) is 7.76. The molecular formula is C14H23NS. The van der Waals surface area contributed by atoms with E-state index >= 15 is 0 Å². The second kappa shape index (κ2) is 7.75. The lowest BCUT2D eigenvalue weighted by Crippen LogP contribution is -2.23. The first kappa shape index (κ1) is 13.6. The molecule has 0 saturated heterocycles. The van der Waals surface area contributed by atoms with Crippen LogP contribution in [-0.4, -0.2) is 30.8 Å². The highest BCUT2D eigenvalue weighted by atomic mass is 32.1. The Balaban J connectivity index is 2.37. The van der Waals surface area contributed by atoms with Gasteiger partial charge >= 0.3 is 0 Å². The van der Waals surface area contributed by atoms with Gasteiger partial charge in [-0.1, -0.05) is 37.6 Å². The number of rotatable bonds is 7. The Morgan fingerprint density at radius 1 is 1.00 bits per heavy atom. The summed E-state index contributed by atoms with van der Waals surface area (Å²) < 4.78 is 0. The molecule has 0 aliphatic carbocycles. The lowest BCUT2D eigenvalue weighted by Gasteiger charge is -2.14. The number of nitrogens with zero attached hydrogens (tertiary/aromatic N) is 1. The van der Waals surface area contributed by atoms with Crippen LogP contribution in [0.4, 0.5) is 0 Å². The normalized spacial score (nSPS) is 11.0. The zero-order chi connectivity index (χ0) is 11.8. The van der Waals surface area contributed by atoms with Crippen LogP contribution in [0.25, 0.3) is 0 Å². The van der Waals surface area contributed by atoms with Crippen LogP contribution in [0.1, 0.15) is 24.5 Å². The summed E-state index contributed by atoms with van der Waals surface area (Å²) in [7, 11) is 2.15. The van der Waals surface area contributed by atoms with E-state index in [1.165, 1.54) is 24.0 Å². The van der Waals surface area contributed by atoms with Gasteiger partial charge in [0.15, 0.2) is 0 Å². The lowest BCUT2D eigenvalue weighted by atomic mass is 10.1. The van der Waals surface area contributed by atoms with Crippen LogP contribution < -0.4 is 0 Å². The number of hydrogen-bond acceptors (Lipinski definition) is 2. The molecule has 0 unspecified atom stereocenters. The molecule has 0 radical (unpaired) electrons. The number of hydrogen-bond donors (Lipinski definition) is 1. The third-order valence-electron chi connectivity index (χ3n) is 2.83. The van der Waals surface area contributed by atoms with Crippen molar-refractivity contribution < 1.29 is 0 Å². The van der Waals surface area contributed by atoms with Crippen LogP contribution in [0, 0.1) is 0 Å². The minimum atomic E-state index is 0.936. The van der Waals surface area contributed by atoms with Gasteiger partial charge in [-0.2, -0.15) is 12.6 Å². The molecule has 0 aliphatic heterocycles. The van der Waals surface area contributed by atoms with E-state index in [0.717, 1.165) is 25.3 Å². The predicted molar refractivity (Wildman–Crippen MR) is 75.5 cm³/mol. The van der Waals surface area contributed by atoms with Crippen LogP contribution >= 0.6 is 12.6 Å². The van der Waals surface area contributed by atoms with E-state index in [-0.39, 0.29) is 0 Å². The van der Waals surface area contributed by atoms with Gasteiger partial charge in [0.05, 0.1) is 0 Å². The summed E-state index contributed by atoms with van der Waals surface area (Å²) in [4.78, 5) is 2.33. The number of benzene rings is 1.